The first kappa shape index (κ1) is 17.7. The van der Waals surface area contributed by atoms with Crippen molar-refractivity contribution in [2.75, 3.05) is 5.75 Å². The highest BCUT2D eigenvalue weighted by Crippen LogP contribution is 2.30. The Kier molecular flexibility index (Phi) is 5.88. The zero-order valence-corrected chi connectivity index (χ0v) is 15.8. The van der Waals surface area contributed by atoms with Crippen molar-refractivity contribution >= 4 is 29.0 Å². The average Bonchev–Trinajstić information content (AvgIpc) is 3.29. The molecule has 130 valence electrons. The van der Waals surface area contributed by atoms with Gasteiger partial charge >= 0.3 is 0 Å². The first-order valence-corrected chi connectivity index (χ1v) is 10.0. The lowest BCUT2D eigenvalue weighted by Gasteiger charge is -2.12. The summed E-state index contributed by atoms with van der Waals surface area (Å²) in [6, 6.07) is 14.2. The average molecular weight is 373 g/mol. The molecule has 0 spiro atoms. The van der Waals surface area contributed by atoms with Crippen molar-refractivity contribution in [3.05, 3.63) is 47.8 Å². The number of nitrogens with one attached hydrogen (secondary N) is 1. The van der Waals surface area contributed by atoms with E-state index in [1.165, 1.54) is 11.8 Å². The van der Waals surface area contributed by atoms with Crippen LogP contribution in [0, 0.1) is 0 Å². The first-order chi connectivity index (χ1) is 12.2. The van der Waals surface area contributed by atoms with Crippen molar-refractivity contribution in [1.29, 1.82) is 0 Å². The van der Waals surface area contributed by atoms with Crippen LogP contribution < -0.4 is 5.32 Å². The second-order valence-corrected chi connectivity index (χ2v) is 7.51. The van der Waals surface area contributed by atoms with Gasteiger partial charge in [-0.1, -0.05) is 43.0 Å². The Morgan fingerprint density at radius 2 is 2.04 bits per heavy atom. The Hall–Kier alpha value is -2.12. The van der Waals surface area contributed by atoms with Crippen LogP contribution in [0.3, 0.4) is 0 Å². The van der Waals surface area contributed by atoms with Crippen molar-refractivity contribution in [1.82, 2.24) is 20.1 Å². The SMILES string of the molecule is CC[C@H](C)NC(=O)CSc1nnc(-c2cccs2)n1-c1ccccc1. The zero-order valence-electron chi connectivity index (χ0n) is 14.2. The maximum Gasteiger partial charge on any atom is 0.230 e. The van der Waals surface area contributed by atoms with Crippen molar-refractivity contribution in [2.45, 2.75) is 31.5 Å². The number of carbonyl (C=O) groups is 1. The summed E-state index contributed by atoms with van der Waals surface area (Å²) < 4.78 is 2.01. The van der Waals surface area contributed by atoms with Crippen LogP contribution in [-0.2, 0) is 4.79 Å². The highest BCUT2D eigenvalue weighted by atomic mass is 32.2. The van der Waals surface area contributed by atoms with Crippen LogP contribution in [-0.4, -0.2) is 32.5 Å². The van der Waals surface area contributed by atoms with Gasteiger partial charge in [0.1, 0.15) is 0 Å². The van der Waals surface area contributed by atoms with Gasteiger partial charge in [-0.25, -0.2) is 0 Å². The molecule has 0 aliphatic carbocycles. The lowest BCUT2D eigenvalue weighted by molar-refractivity contribution is -0.119. The van der Waals surface area contributed by atoms with Gasteiger partial charge in [-0.05, 0) is 36.9 Å². The first-order valence-electron chi connectivity index (χ1n) is 8.16. The topological polar surface area (TPSA) is 59.8 Å². The molecule has 3 aromatic rings. The molecule has 0 fully saturated rings. The third kappa shape index (κ3) is 4.29. The van der Waals surface area contributed by atoms with Crippen molar-refractivity contribution in [3.8, 4) is 16.4 Å². The number of hydrogen-bond donors (Lipinski definition) is 1. The van der Waals surface area contributed by atoms with Gasteiger partial charge in [-0.3, -0.25) is 9.36 Å². The highest BCUT2D eigenvalue weighted by molar-refractivity contribution is 7.99. The van der Waals surface area contributed by atoms with E-state index < -0.39 is 0 Å². The van der Waals surface area contributed by atoms with Crippen LogP contribution >= 0.6 is 23.1 Å². The van der Waals surface area contributed by atoms with Crippen LogP contribution in [0.4, 0.5) is 0 Å². The quantitative estimate of drug-likeness (QED) is 0.637. The summed E-state index contributed by atoms with van der Waals surface area (Å²) in [5, 5.41) is 14.4. The Bertz CT molecular complexity index is 815. The van der Waals surface area contributed by atoms with Gasteiger partial charge in [0.05, 0.1) is 10.6 Å². The lowest BCUT2D eigenvalue weighted by Crippen LogP contribution is -2.33. The zero-order chi connectivity index (χ0) is 17.6. The van der Waals surface area contributed by atoms with Crippen molar-refractivity contribution in [2.24, 2.45) is 0 Å². The smallest absolute Gasteiger partial charge is 0.230 e. The second kappa shape index (κ2) is 8.31. The van der Waals surface area contributed by atoms with E-state index in [0.717, 1.165) is 22.8 Å². The summed E-state index contributed by atoms with van der Waals surface area (Å²) in [7, 11) is 0. The minimum Gasteiger partial charge on any atom is -0.353 e. The molecular weight excluding hydrogens is 352 g/mol. The van der Waals surface area contributed by atoms with E-state index in [9.17, 15) is 4.79 Å². The molecule has 1 amide bonds. The fraction of sp³-hybridized carbons (Fsp3) is 0.278. The Morgan fingerprint density at radius 1 is 1.24 bits per heavy atom. The fourth-order valence-electron chi connectivity index (χ4n) is 2.29. The number of carbonyl (C=O) groups excluding carboxylic acids is 1. The predicted molar refractivity (Wildman–Crippen MR) is 103 cm³/mol. The minimum absolute atomic E-state index is 0.0136. The molecule has 1 atom stereocenters. The maximum atomic E-state index is 12.1. The molecule has 2 aromatic heterocycles. The van der Waals surface area contributed by atoms with Gasteiger partial charge in [0.15, 0.2) is 11.0 Å². The third-order valence-electron chi connectivity index (χ3n) is 3.74. The number of amides is 1. The van der Waals surface area contributed by atoms with E-state index in [0.29, 0.717) is 10.9 Å². The van der Waals surface area contributed by atoms with Gasteiger partial charge in [-0.2, -0.15) is 0 Å². The summed E-state index contributed by atoms with van der Waals surface area (Å²) >= 11 is 3.02. The molecule has 25 heavy (non-hydrogen) atoms. The number of thioether (sulfide) groups is 1. The number of hydrogen-bond acceptors (Lipinski definition) is 5. The monoisotopic (exact) mass is 372 g/mol. The van der Waals surface area contributed by atoms with E-state index in [-0.39, 0.29) is 11.9 Å². The highest BCUT2D eigenvalue weighted by Gasteiger charge is 2.18. The molecule has 0 bridgehead atoms. The summed E-state index contributed by atoms with van der Waals surface area (Å²) in [6.45, 7) is 4.06. The van der Waals surface area contributed by atoms with Crippen molar-refractivity contribution in [3.63, 3.8) is 0 Å². The number of para-hydroxylation sites is 1. The maximum absolute atomic E-state index is 12.1. The molecule has 0 unspecified atom stereocenters. The number of aromatic nitrogens is 3. The van der Waals surface area contributed by atoms with Gasteiger partial charge < -0.3 is 5.32 Å². The van der Waals surface area contributed by atoms with Gasteiger partial charge in [-0.15, -0.1) is 21.5 Å². The number of benzene rings is 1. The van der Waals surface area contributed by atoms with E-state index >= 15 is 0 Å². The van der Waals surface area contributed by atoms with Crippen LogP contribution in [0.1, 0.15) is 20.3 Å². The Morgan fingerprint density at radius 3 is 2.72 bits per heavy atom. The van der Waals surface area contributed by atoms with Crippen LogP contribution in [0.2, 0.25) is 0 Å². The van der Waals surface area contributed by atoms with Crippen LogP contribution in [0.15, 0.2) is 53.0 Å². The molecule has 0 radical (unpaired) electrons. The molecule has 1 aromatic carbocycles. The molecule has 0 aliphatic rings. The predicted octanol–water partition coefficient (Wildman–Crippen LogP) is 4.00. The molecule has 7 heteroatoms. The number of rotatable bonds is 7. The fourth-order valence-corrected chi connectivity index (χ4v) is 3.75. The minimum atomic E-state index is 0.0136. The standard InChI is InChI=1S/C18H20N4OS2/c1-3-13(2)19-16(23)12-25-18-21-20-17(15-10-7-11-24-15)22(18)14-8-5-4-6-9-14/h4-11,13H,3,12H2,1-2H3,(H,19,23)/t13-/m0/s1. The normalized spacial score (nSPS) is 12.1. The van der Waals surface area contributed by atoms with Gasteiger partial charge in [0.25, 0.3) is 0 Å². The molecule has 0 saturated carbocycles. The Labute approximate surface area is 155 Å². The summed E-state index contributed by atoms with van der Waals surface area (Å²) in [5.74, 6) is 1.13. The van der Waals surface area contributed by atoms with E-state index in [1.807, 2.05) is 59.3 Å². The molecule has 5 nitrogen and oxygen atoms in total. The Balaban J connectivity index is 1.86. The molecular formula is C18H20N4OS2. The van der Waals surface area contributed by atoms with E-state index in [1.54, 1.807) is 11.3 Å². The van der Waals surface area contributed by atoms with Crippen molar-refractivity contribution < 1.29 is 4.79 Å². The largest absolute Gasteiger partial charge is 0.353 e. The number of thiophene rings is 1. The van der Waals surface area contributed by atoms with E-state index in [2.05, 4.69) is 22.4 Å². The molecule has 3 rings (SSSR count). The van der Waals surface area contributed by atoms with Gasteiger partial charge in [0, 0.05) is 11.7 Å². The van der Waals surface area contributed by atoms with E-state index in [4.69, 9.17) is 0 Å². The summed E-state index contributed by atoms with van der Waals surface area (Å²) in [5.41, 5.74) is 0.987. The summed E-state index contributed by atoms with van der Waals surface area (Å²) in [4.78, 5) is 13.1. The van der Waals surface area contributed by atoms with Gasteiger partial charge in [0.2, 0.25) is 5.91 Å². The lowest BCUT2D eigenvalue weighted by atomic mass is 10.3. The second-order valence-electron chi connectivity index (χ2n) is 5.62. The summed E-state index contributed by atoms with van der Waals surface area (Å²) in [6.07, 6.45) is 0.916. The molecule has 0 aliphatic heterocycles. The number of nitrogens with zero attached hydrogens (tertiary/aromatic N) is 3. The molecule has 1 N–H and O–H groups in total. The molecule has 2 heterocycles. The van der Waals surface area contributed by atoms with Crippen LogP contribution in [0.5, 0.6) is 0 Å². The van der Waals surface area contributed by atoms with Crippen LogP contribution in [0.25, 0.3) is 16.4 Å². The third-order valence-corrected chi connectivity index (χ3v) is 5.54. The molecule has 0 saturated heterocycles.